The third kappa shape index (κ3) is 14.5. The molecule has 6 aliphatic heterocycles. The van der Waals surface area contributed by atoms with Gasteiger partial charge in [-0.25, -0.2) is 18.4 Å². The third-order valence-electron chi connectivity index (χ3n) is 22.1. The molecule has 97 heavy (non-hydrogen) atoms. The first-order valence-corrected chi connectivity index (χ1v) is 38.1. The van der Waals surface area contributed by atoms with Gasteiger partial charge in [0.05, 0.1) is 34.1 Å². The number of imide groups is 1. The number of aromatic nitrogens is 5. The van der Waals surface area contributed by atoms with E-state index in [0.29, 0.717) is 94.4 Å². The number of likely N-dealkylation sites (tertiary alicyclic amines) is 2. The zero-order valence-electron chi connectivity index (χ0n) is 59.1. The zero-order chi connectivity index (χ0) is 68.8. The van der Waals surface area contributed by atoms with Gasteiger partial charge in [-0.15, -0.1) is 5.54 Å². The Bertz CT molecular complexity index is 3980. The molecule has 3 amide bonds. The van der Waals surface area contributed by atoms with Gasteiger partial charge in [-0.2, -0.15) is 9.97 Å². The molecule has 9 heterocycles. The van der Waals surface area contributed by atoms with Gasteiger partial charge < -0.3 is 33.6 Å². The maximum atomic E-state index is 18.2. The summed E-state index contributed by atoms with van der Waals surface area (Å²) in [4.78, 5) is 78.7. The second-order valence-corrected chi connectivity index (χ2v) is 36.3. The Hall–Kier alpha value is -7.19. The Morgan fingerprint density at radius 3 is 2.05 bits per heavy atom. The molecule has 3 atom stereocenters. The maximum Gasteiger partial charge on any atom is 0.410 e. The molecular weight excluding hydrogens is 1250 g/mol. The van der Waals surface area contributed by atoms with Gasteiger partial charge >= 0.3 is 17.8 Å². The highest BCUT2D eigenvalue weighted by atomic mass is 28.3. The Morgan fingerprint density at radius 1 is 0.753 bits per heavy atom. The fraction of sp³-hybridized carbons (Fsp3) is 0.613. The van der Waals surface area contributed by atoms with Crippen LogP contribution in [0.2, 0.25) is 16.6 Å². The lowest BCUT2D eigenvalue weighted by Gasteiger charge is -2.42. The number of nitrogens with one attached hydrogen (secondary N) is 1. The number of benzene rings is 3. The number of pyridine rings is 1. The van der Waals surface area contributed by atoms with E-state index in [1.165, 1.54) is 32.4 Å². The van der Waals surface area contributed by atoms with Crippen LogP contribution >= 0.6 is 0 Å². The number of methoxy groups -OCH3 is 1. The minimum Gasteiger partial charge on any atom is -0.468 e. The number of amides is 3. The van der Waals surface area contributed by atoms with E-state index >= 15 is 8.78 Å². The first-order chi connectivity index (χ1) is 46.4. The Kier molecular flexibility index (Phi) is 20.8. The number of fused-ring (bicyclic) bond motifs is 5. The molecule has 2 bridgehead atoms. The molecule has 1 N–H and O–H groups in total. The SMILES string of the molecule is COCOc1cc(-c2ncc3c(N4CC5CCC(C4)N5C(=O)OC(C)(C)C)nc(OCCN4CCC(CN5CCC(CC6CCN(c7ccc8c(c7)n(C(C)C)c(=O)n8C7CCC(=O)NC7=O)CC6)CC5)CC4)nc3c2F)c2c(C#C[Si](C(C)C)(C(C)C)C(C)C)c(F)ccc2c1. The number of rotatable bonds is 19. The van der Waals surface area contributed by atoms with Gasteiger partial charge in [-0.3, -0.25) is 38.8 Å². The number of hydrogen-bond acceptors (Lipinski definition) is 15. The topological polar surface area (TPSA) is 182 Å². The molecule has 6 aromatic rings. The van der Waals surface area contributed by atoms with Crippen molar-refractivity contribution >= 4 is 70.2 Å². The third-order valence-corrected chi connectivity index (χ3v) is 28.4. The number of halogens is 2. The van der Waals surface area contributed by atoms with Crippen molar-refractivity contribution in [3.63, 3.8) is 0 Å². The van der Waals surface area contributed by atoms with Crippen molar-refractivity contribution in [1.29, 1.82) is 0 Å². The van der Waals surface area contributed by atoms with Crippen LogP contribution in [0.1, 0.15) is 164 Å². The molecule has 3 aromatic carbocycles. The van der Waals surface area contributed by atoms with Crippen LogP contribution in [0, 0.1) is 40.9 Å². The molecule has 6 saturated heterocycles. The summed E-state index contributed by atoms with van der Waals surface area (Å²) in [7, 11) is -0.825. The lowest BCUT2D eigenvalue weighted by Crippen LogP contribution is -2.57. The summed E-state index contributed by atoms with van der Waals surface area (Å²) in [5.41, 5.74) is 6.84. The van der Waals surface area contributed by atoms with Crippen molar-refractivity contribution in [1.82, 2.24) is 44.1 Å². The van der Waals surface area contributed by atoms with E-state index in [2.05, 4.69) is 90.1 Å². The zero-order valence-corrected chi connectivity index (χ0v) is 60.1. The van der Waals surface area contributed by atoms with E-state index in [1.807, 2.05) is 45.6 Å². The summed E-state index contributed by atoms with van der Waals surface area (Å²) in [6.45, 7) is 31.9. The predicted molar refractivity (Wildman–Crippen MR) is 379 cm³/mol. The number of imidazole rings is 1. The van der Waals surface area contributed by atoms with E-state index < -0.39 is 37.3 Å². The number of carbonyl (C=O) groups is 3. The van der Waals surface area contributed by atoms with Crippen molar-refractivity contribution in [2.75, 3.05) is 95.8 Å². The van der Waals surface area contributed by atoms with Crippen molar-refractivity contribution in [3.8, 4) is 34.5 Å². The molecule has 522 valence electrons. The highest BCUT2D eigenvalue weighted by molar-refractivity contribution is 6.90. The van der Waals surface area contributed by atoms with Crippen molar-refractivity contribution in [3.05, 3.63) is 76.3 Å². The maximum absolute atomic E-state index is 18.2. The van der Waals surface area contributed by atoms with Crippen LogP contribution in [0.5, 0.6) is 11.8 Å². The molecule has 19 nitrogen and oxygen atoms in total. The van der Waals surface area contributed by atoms with Crippen LogP contribution in [-0.4, -0.2) is 168 Å². The number of nitrogens with zero attached hydrogens (tertiary/aromatic N) is 10. The number of carbonyl (C=O) groups excluding carboxylic acids is 3. The second-order valence-electron chi connectivity index (χ2n) is 30.7. The number of ether oxygens (including phenoxy) is 4. The molecule has 6 fully saturated rings. The molecule has 0 saturated carbocycles. The van der Waals surface area contributed by atoms with Crippen LogP contribution < -0.4 is 30.3 Å². The van der Waals surface area contributed by atoms with E-state index in [-0.39, 0.29) is 71.8 Å². The van der Waals surface area contributed by atoms with Gasteiger partial charge in [0.2, 0.25) is 11.8 Å². The molecular formula is C75H101F2N11O8Si. The first kappa shape index (κ1) is 69.7. The van der Waals surface area contributed by atoms with Crippen LogP contribution in [-0.2, 0) is 19.1 Å². The Labute approximate surface area is 571 Å². The molecule has 6 aliphatic rings. The number of hydrogen-bond donors (Lipinski definition) is 1. The first-order valence-electron chi connectivity index (χ1n) is 35.9. The summed E-state index contributed by atoms with van der Waals surface area (Å²) in [5.74, 6) is 4.34. The summed E-state index contributed by atoms with van der Waals surface area (Å²) in [6, 6.07) is 11.7. The van der Waals surface area contributed by atoms with Crippen LogP contribution in [0.25, 0.3) is 44.0 Å². The summed E-state index contributed by atoms with van der Waals surface area (Å²) in [6.07, 6.45) is 11.6. The fourth-order valence-corrected chi connectivity index (χ4v) is 22.4. The summed E-state index contributed by atoms with van der Waals surface area (Å²) >= 11 is 0. The van der Waals surface area contributed by atoms with Gasteiger partial charge in [0.15, 0.2) is 12.6 Å². The molecule has 0 spiro atoms. The fourth-order valence-electron chi connectivity index (χ4n) is 17.2. The van der Waals surface area contributed by atoms with Crippen LogP contribution in [0.15, 0.2) is 53.5 Å². The Balaban J connectivity index is 0.701. The van der Waals surface area contributed by atoms with E-state index in [0.717, 1.165) is 107 Å². The van der Waals surface area contributed by atoms with Gasteiger partial charge in [0, 0.05) is 81.7 Å². The molecule has 0 aliphatic carbocycles. The lowest BCUT2D eigenvalue weighted by atomic mass is 9.82. The Morgan fingerprint density at radius 2 is 1.41 bits per heavy atom. The molecule has 0 radical (unpaired) electrons. The quantitative estimate of drug-likeness (QED) is 0.0350. The average molecular weight is 1350 g/mol. The van der Waals surface area contributed by atoms with Gasteiger partial charge in [-0.05, 0) is 201 Å². The highest BCUT2D eigenvalue weighted by Gasteiger charge is 2.46. The van der Waals surface area contributed by atoms with E-state index in [1.54, 1.807) is 33.5 Å². The average Bonchev–Trinajstić information content (AvgIpc) is 1.71. The van der Waals surface area contributed by atoms with Crippen LogP contribution in [0.4, 0.5) is 25.1 Å². The summed E-state index contributed by atoms with van der Waals surface area (Å²) < 4.78 is 61.9. The number of piperazine rings is 1. The molecule has 3 unspecified atom stereocenters. The summed E-state index contributed by atoms with van der Waals surface area (Å²) in [5, 5.41) is 3.85. The van der Waals surface area contributed by atoms with E-state index in [9.17, 15) is 19.2 Å². The minimum atomic E-state index is -2.35. The number of piperidine rings is 4. The van der Waals surface area contributed by atoms with Gasteiger partial charge in [-0.1, -0.05) is 53.5 Å². The smallest absolute Gasteiger partial charge is 0.410 e. The minimum absolute atomic E-state index is 0.0133. The monoisotopic (exact) mass is 1350 g/mol. The molecule has 22 heteroatoms. The van der Waals surface area contributed by atoms with Crippen molar-refractivity contribution in [2.45, 2.75) is 193 Å². The van der Waals surface area contributed by atoms with Crippen molar-refractivity contribution < 1.29 is 42.1 Å². The van der Waals surface area contributed by atoms with Gasteiger partial charge in [0.1, 0.15) is 54.9 Å². The van der Waals surface area contributed by atoms with Gasteiger partial charge in [0.25, 0.3) is 0 Å². The second kappa shape index (κ2) is 28.9. The molecule has 12 rings (SSSR count). The largest absolute Gasteiger partial charge is 0.468 e. The number of anilines is 2. The molecule has 3 aromatic heterocycles. The van der Waals surface area contributed by atoms with Crippen LogP contribution in [0.3, 0.4) is 0 Å². The highest BCUT2D eigenvalue weighted by Crippen LogP contribution is 2.44. The van der Waals surface area contributed by atoms with Crippen molar-refractivity contribution in [2.24, 2.45) is 17.8 Å². The predicted octanol–water partition coefficient (Wildman–Crippen LogP) is 13.0. The lowest BCUT2D eigenvalue weighted by molar-refractivity contribution is -0.135. The normalized spacial score (nSPS) is 20.7. The van der Waals surface area contributed by atoms with E-state index in [4.69, 9.17) is 33.9 Å². The standard InChI is InChI=1S/C75H101F2N11O8Si/c1-46(2)86-64-39-54(16-18-62(64)88(73(86)91)63-19-20-65(89)79-71(63)90)84-32-25-51(26-33-84)37-50-21-30-83(31-22-50)42-52-23-28-82(29-24-52)34-35-94-72-80-69-60(70(81-72)85-43-55-14-15-56(44-85)87(55)74(92)96-75(9,10)11)41-78-68(67(69)77)59-40-57(95-45-93-12)38-53-13-17-61(76)58(66(53)59)27-36-97(47(3)4,48(5)6)49(7)8/h13,16-18,38-41,46-52,55-56,63H,14-15,19-26,28-35,37,42-45H2,1-12H3,(H,79,89,90).